The lowest BCUT2D eigenvalue weighted by molar-refractivity contribution is -0.128. The number of hydrogen-bond acceptors (Lipinski definition) is 3. The molecule has 0 radical (unpaired) electrons. The summed E-state index contributed by atoms with van der Waals surface area (Å²) in [7, 11) is 0. The van der Waals surface area contributed by atoms with Gasteiger partial charge in [-0.25, -0.2) is 9.37 Å². The number of carbonyl (C=O) groups is 2. The van der Waals surface area contributed by atoms with Crippen LogP contribution >= 0.6 is 0 Å². The maximum atomic E-state index is 13.6. The third-order valence-corrected chi connectivity index (χ3v) is 3.31. The average molecular weight is 283 g/mol. The Hall–Kier alpha value is -2.05. The lowest BCUT2D eigenvalue weighted by Gasteiger charge is -2.21. The number of rotatable bonds is 1. The molecule has 0 spiro atoms. The lowest BCUT2D eigenvalue weighted by atomic mass is 10.2. The highest BCUT2D eigenvalue weighted by Gasteiger charge is 2.24. The van der Waals surface area contributed by atoms with Crippen molar-refractivity contribution < 1.29 is 18.4 Å². The molecule has 2 heterocycles. The van der Waals surface area contributed by atoms with Crippen molar-refractivity contribution >= 4 is 11.8 Å². The largest absolute Gasteiger partial charge is 0.341 e. The van der Waals surface area contributed by atoms with Gasteiger partial charge in [0.25, 0.3) is 5.91 Å². The monoisotopic (exact) mass is 283 g/mol. The van der Waals surface area contributed by atoms with Gasteiger partial charge in [-0.1, -0.05) is 0 Å². The van der Waals surface area contributed by atoms with Gasteiger partial charge in [0.2, 0.25) is 11.9 Å². The number of pyridine rings is 1. The highest BCUT2D eigenvalue weighted by atomic mass is 19.2. The van der Waals surface area contributed by atoms with E-state index in [2.05, 4.69) is 4.98 Å². The molecule has 2 rings (SSSR count). The lowest BCUT2D eigenvalue weighted by Crippen LogP contribution is -2.37. The summed E-state index contributed by atoms with van der Waals surface area (Å²) in [6, 6.07) is 1.16. The first kappa shape index (κ1) is 14.4. The van der Waals surface area contributed by atoms with E-state index in [-0.39, 0.29) is 11.5 Å². The predicted octanol–water partition coefficient (Wildman–Crippen LogP) is 1.05. The summed E-state index contributed by atoms with van der Waals surface area (Å²) in [5, 5.41) is 0. The molecule has 0 bridgehead atoms. The van der Waals surface area contributed by atoms with Crippen molar-refractivity contribution in [2.24, 2.45) is 0 Å². The molecular weight excluding hydrogens is 268 g/mol. The zero-order valence-corrected chi connectivity index (χ0v) is 11.1. The van der Waals surface area contributed by atoms with Crippen LogP contribution in [0.1, 0.15) is 23.7 Å². The Morgan fingerprint density at radius 2 is 1.80 bits per heavy atom. The van der Waals surface area contributed by atoms with E-state index in [1.165, 1.54) is 11.8 Å². The summed E-state index contributed by atoms with van der Waals surface area (Å²) < 4.78 is 26.6. The Bertz CT molecular complexity index is 536. The van der Waals surface area contributed by atoms with Crippen LogP contribution in [0.15, 0.2) is 12.3 Å². The fourth-order valence-electron chi connectivity index (χ4n) is 2.19. The van der Waals surface area contributed by atoms with Crippen molar-refractivity contribution in [3.8, 4) is 0 Å². The van der Waals surface area contributed by atoms with Gasteiger partial charge >= 0.3 is 0 Å². The molecule has 0 unspecified atom stereocenters. The van der Waals surface area contributed by atoms with Gasteiger partial charge in [-0.05, 0) is 12.5 Å². The van der Waals surface area contributed by atoms with Crippen LogP contribution in [0.5, 0.6) is 0 Å². The van der Waals surface area contributed by atoms with Crippen LogP contribution in [-0.2, 0) is 4.79 Å². The zero-order valence-electron chi connectivity index (χ0n) is 11.1. The molecule has 20 heavy (non-hydrogen) atoms. The molecule has 0 aromatic carbocycles. The normalized spacial score (nSPS) is 15.9. The van der Waals surface area contributed by atoms with Crippen LogP contribution in [0.25, 0.3) is 0 Å². The molecule has 7 heteroatoms. The van der Waals surface area contributed by atoms with Crippen LogP contribution in [-0.4, -0.2) is 52.8 Å². The molecule has 1 aromatic heterocycles. The highest BCUT2D eigenvalue weighted by Crippen LogP contribution is 2.14. The first-order valence-electron chi connectivity index (χ1n) is 6.35. The quantitative estimate of drug-likeness (QED) is 0.724. The van der Waals surface area contributed by atoms with Gasteiger partial charge < -0.3 is 9.80 Å². The van der Waals surface area contributed by atoms with E-state index in [1.807, 2.05) is 0 Å². The summed E-state index contributed by atoms with van der Waals surface area (Å²) in [6.07, 6.45) is 1.67. The smallest absolute Gasteiger partial charge is 0.257 e. The SMILES string of the molecule is CC(=O)N1CCCN(C(=O)c2ccnc(F)c2F)CC1. The fraction of sp³-hybridized carbons (Fsp3) is 0.462. The van der Waals surface area contributed by atoms with E-state index in [0.717, 1.165) is 12.3 Å². The van der Waals surface area contributed by atoms with Crippen molar-refractivity contribution in [2.75, 3.05) is 26.2 Å². The van der Waals surface area contributed by atoms with Gasteiger partial charge in [-0.15, -0.1) is 0 Å². The van der Waals surface area contributed by atoms with E-state index in [4.69, 9.17) is 0 Å². The minimum atomic E-state index is -1.28. The molecule has 2 amide bonds. The maximum absolute atomic E-state index is 13.6. The second kappa shape index (κ2) is 5.94. The maximum Gasteiger partial charge on any atom is 0.257 e. The van der Waals surface area contributed by atoms with Gasteiger partial charge in [0.1, 0.15) is 0 Å². The molecule has 0 N–H and O–H groups in total. The number of hydrogen-bond donors (Lipinski definition) is 0. The summed E-state index contributed by atoms with van der Waals surface area (Å²) in [6.45, 7) is 3.14. The Balaban J connectivity index is 2.13. The van der Waals surface area contributed by atoms with Crippen molar-refractivity contribution in [3.05, 3.63) is 29.6 Å². The van der Waals surface area contributed by atoms with Crippen LogP contribution in [0.3, 0.4) is 0 Å². The zero-order chi connectivity index (χ0) is 14.7. The molecule has 1 aliphatic heterocycles. The predicted molar refractivity (Wildman–Crippen MR) is 66.9 cm³/mol. The second-order valence-electron chi connectivity index (χ2n) is 4.62. The summed E-state index contributed by atoms with van der Waals surface area (Å²) in [5.74, 6) is -3.14. The van der Waals surface area contributed by atoms with Gasteiger partial charge in [0.05, 0.1) is 5.56 Å². The summed E-state index contributed by atoms with van der Waals surface area (Å²) in [5.41, 5.74) is -0.325. The topological polar surface area (TPSA) is 53.5 Å². The van der Waals surface area contributed by atoms with Crippen molar-refractivity contribution in [3.63, 3.8) is 0 Å². The van der Waals surface area contributed by atoms with Crippen LogP contribution in [0.2, 0.25) is 0 Å². The molecule has 1 saturated heterocycles. The fourth-order valence-corrected chi connectivity index (χ4v) is 2.19. The van der Waals surface area contributed by atoms with Crippen LogP contribution in [0, 0.1) is 11.8 Å². The van der Waals surface area contributed by atoms with E-state index in [9.17, 15) is 18.4 Å². The molecule has 0 aliphatic carbocycles. The molecule has 1 aromatic rings. The first-order valence-corrected chi connectivity index (χ1v) is 6.35. The standard InChI is InChI=1S/C13H15F2N3O2/c1-9(19)17-5-2-6-18(8-7-17)13(20)10-3-4-16-12(15)11(10)14/h3-4H,2,5-8H2,1H3. The minimum absolute atomic E-state index is 0.0552. The number of aromatic nitrogens is 1. The third kappa shape index (κ3) is 2.92. The number of amides is 2. The Labute approximate surface area is 115 Å². The Morgan fingerprint density at radius 3 is 2.50 bits per heavy atom. The summed E-state index contributed by atoms with van der Waals surface area (Å²) >= 11 is 0. The molecule has 1 aliphatic rings. The van der Waals surface area contributed by atoms with E-state index < -0.39 is 17.7 Å². The van der Waals surface area contributed by atoms with Gasteiger partial charge in [-0.2, -0.15) is 4.39 Å². The number of carbonyl (C=O) groups excluding carboxylic acids is 2. The Morgan fingerprint density at radius 1 is 1.15 bits per heavy atom. The number of nitrogens with zero attached hydrogens (tertiary/aromatic N) is 3. The van der Waals surface area contributed by atoms with Crippen molar-refractivity contribution in [1.29, 1.82) is 0 Å². The van der Waals surface area contributed by atoms with Crippen LogP contribution < -0.4 is 0 Å². The summed E-state index contributed by atoms with van der Waals surface area (Å²) in [4.78, 5) is 29.7. The average Bonchev–Trinajstić information content (AvgIpc) is 2.67. The van der Waals surface area contributed by atoms with Gasteiger partial charge in [0, 0.05) is 39.3 Å². The Kier molecular flexibility index (Phi) is 4.26. The third-order valence-electron chi connectivity index (χ3n) is 3.31. The van der Waals surface area contributed by atoms with Gasteiger partial charge in [0.15, 0.2) is 5.82 Å². The van der Waals surface area contributed by atoms with E-state index >= 15 is 0 Å². The molecule has 0 saturated carbocycles. The highest BCUT2D eigenvalue weighted by molar-refractivity contribution is 5.94. The molecule has 0 atom stereocenters. The van der Waals surface area contributed by atoms with Gasteiger partial charge in [-0.3, -0.25) is 9.59 Å². The molecule has 1 fully saturated rings. The molecule has 5 nitrogen and oxygen atoms in total. The minimum Gasteiger partial charge on any atom is -0.341 e. The van der Waals surface area contributed by atoms with Crippen molar-refractivity contribution in [1.82, 2.24) is 14.8 Å². The molecular formula is C13H15F2N3O2. The second-order valence-corrected chi connectivity index (χ2v) is 4.62. The first-order chi connectivity index (χ1) is 9.50. The number of halogens is 2. The van der Waals surface area contributed by atoms with Crippen LogP contribution in [0.4, 0.5) is 8.78 Å². The van der Waals surface area contributed by atoms with E-state index in [0.29, 0.717) is 32.6 Å². The van der Waals surface area contributed by atoms with Crippen molar-refractivity contribution in [2.45, 2.75) is 13.3 Å². The van der Waals surface area contributed by atoms with E-state index in [1.54, 1.807) is 4.90 Å². The molecule has 108 valence electrons.